The van der Waals surface area contributed by atoms with Crippen molar-refractivity contribution in [1.82, 2.24) is 10.2 Å². The van der Waals surface area contributed by atoms with Crippen molar-refractivity contribution < 1.29 is 14.3 Å². The predicted molar refractivity (Wildman–Crippen MR) is 69.0 cm³/mol. The number of nitrogens with zero attached hydrogens (tertiary/aromatic N) is 1. The molecule has 0 spiro atoms. The molecule has 0 aliphatic carbocycles. The van der Waals surface area contributed by atoms with Gasteiger partial charge in [0.1, 0.15) is 0 Å². The second-order valence-corrected chi connectivity index (χ2v) is 4.97. The average molecular weight is 256 g/mol. The summed E-state index contributed by atoms with van der Waals surface area (Å²) in [5, 5.41) is 3.30. The molecule has 2 amide bonds. The fourth-order valence-corrected chi connectivity index (χ4v) is 2.15. The lowest BCUT2D eigenvalue weighted by atomic mass is 10.00. The Morgan fingerprint density at radius 3 is 2.28 bits per heavy atom. The van der Waals surface area contributed by atoms with Crippen molar-refractivity contribution in [2.24, 2.45) is 11.8 Å². The summed E-state index contributed by atoms with van der Waals surface area (Å²) in [7, 11) is 1.62. The van der Waals surface area contributed by atoms with E-state index in [1.54, 1.807) is 7.11 Å². The molecule has 1 fully saturated rings. The van der Waals surface area contributed by atoms with Crippen molar-refractivity contribution >= 4 is 11.8 Å². The van der Waals surface area contributed by atoms with E-state index in [9.17, 15) is 9.59 Å². The standard InChI is InChI=1S/C13H24N2O3/c1-5-6-14-11(8-18-4)7-15-12(16)9(2)10(3)13(15)17/h9-11,14H,5-8H2,1-4H3. The maximum atomic E-state index is 12.0. The summed E-state index contributed by atoms with van der Waals surface area (Å²) >= 11 is 0. The Kier molecular flexibility index (Phi) is 5.75. The predicted octanol–water partition coefficient (Wildman–Crippen LogP) is 0.642. The molecule has 1 aliphatic heterocycles. The minimum Gasteiger partial charge on any atom is -0.383 e. The van der Waals surface area contributed by atoms with Crippen molar-refractivity contribution in [2.45, 2.75) is 33.2 Å². The number of rotatable bonds is 7. The molecule has 5 nitrogen and oxygen atoms in total. The molecular weight excluding hydrogens is 232 g/mol. The molecule has 0 radical (unpaired) electrons. The Bertz CT molecular complexity index is 287. The zero-order valence-corrected chi connectivity index (χ0v) is 11.7. The van der Waals surface area contributed by atoms with Crippen LogP contribution in [0.1, 0.15) is 27.2 Å². The summed E-state index contributed by atoms with van der Waals surface area (Å²) in [6.45, 7) is 7.47. The van der Waals surface area contributed by atoms with Gasteiger partial charge in [0.25, 0.3) is 0 Å². The van der Waals surface area contributed by atoms with E-state index in [0.29, 0.717) is 13.2 Å². The zero-order chi connectivity index (χ0) is 13.7. The molecule has 0 saturated carbocycles. The zero-order valence-electron chi connectivity index (χ0n) is 11.7. The maximum Gasteiger partial charge on any atom is 0.232 e. The van der Waals surface area contributed by atoms with Gasteiger partial charge in [-0.2, -0.15) is 0 Å². The fourth-order valence-electron chi connectivity index (χ4n) is 2.15. The van der Waals surface area contributed by atoms with Gasteiger partial charge in [-0.1, -0.05) is 20.8 Å². The van der Waals surface area contributed by atoms with Crippen molar-refractivity contribution in [1.29, 1.82) is 0 Å². The molecule has 5 heteroatoms. The number of methoxy groups -OCH3 is 1. The largest absolute Gasteiger partial charge is 0.383 e. The number of ether oxygens (including phenoxy) is 1. The Labute approximate surface area is 109 Å². The SMILES string of the molecule is CCCNC(COC)CN1C(=O)C(C)C(C)C1=O. The smallest absolute Gasteiger partial charge is 0.232 e. The van der Waals surface area contributed by atoms with Gasteiger partial charge in [-0.3, -0.25) is 14.5 Å². The van der Waals surface area contributed by atoms with Crippen LogP contribution in [0.4, 0.5) is 0 Å². The first-order chi connectivity index (χ1) is 8.52. The van der Waals surface area contributed by atoms with Gasteiger partial charge in [0.2, 0.25) is 11.8 Å². The second-order valence-electron chi connectivity index (χ2n) is 4.97. The molecule has 0 aromatic rings. The summed E-state index contributed by atoms with van der Waals surface area (Å²) in [6, 6.07) is 0.0142. The van der Waals surface area contributed by atoms with Gasteiger partial charge < -0.3 is 10.1 Å². The Hall–Kier alpha value is -0.940. The first-order valence-electron chi connectivity index (χ1n) is 6.60. The van der Waals surface area contributed by atoms with Crippen LogP contribution >= 0.6 is 0 Å². The lowest BCUT2D eigenvalue weighted by Crippen LogP contribution is -2.46. The van der Waals surface area contributed by atoms with Crippen LogP contribution in [0.2, 0.25) is 0 Å². The van der Waals surface area contributed by atoms with Crippen LogP contribution in [0.5, 0.6) is 0 Å². The van der Waals surface area contributed by atoms with Gasteiger partial charge in [0.15, 0.2) is 0 Å². The number of nitrogens with one attached hydrogen (secondary N) is 1. The van der Waals surface area contributed by atoms with E-state index in [0.717, 1.165) is 13.0 Å². The molecular formula is C13H24N2O3. The number of hydrogen-bond acceptors (Lipinski definition) is 4. The van der Waals surface area contributed by atoms with Crippen LogP contribution in [0.3, 0.4) is 0 Å². The third kappa shape index (κ3) is 3.29. The van der Waals surface area contributed by atoms with Gasteiger partial charge in [0.05, 0.1) is 6.61 Å². The summed E-state index contributed by atoms with van der Waals surface area (Å²) < 4.78 is 5.12. The van der Waals surface area contributed by atoms with Crippen LogP contribution in [-0.4, -0.2) is 49.6 Å². The lowest BCUT2D eigenvalue weighted by Gasteiger charge is -2.23. The molecule has 104 valence electrons. The van der Waals surface area contributed by atoms with Crippen LogP contribution in [0, 0.1) is 11.8 Å². The maximum absolute atomic E-state index is 12.0. The fraction of sp³-hybridized carbons (Fsp3) is 0.846. The van der Waals surface area contributed by atoms with Gasteiger partial charge in [0, 0.05) is 31.5 Å². The van der Waals surface area contributed by atoms with Gasteiger partial charge in [-0.25, -0.2) is 0 Å². The first kappa shape index (κ1) is 15.1. The number of carbonyl (C=O) groups is 2. The monoisotopic (exact) mass is 256 g/mol. The molecule has 1 rings (SSSR count). The van der Waals surface area contributed by atoms with Gasteiger partial charge >= 0.3 is 0 Å². The Morgan fingerprint density at radius 2 is 1.83 bits per heavy atom. The number of hydrogen-bond donors (Lipinski definition) is 1. The highest BCUT2D eigenvalue weighted by molar-refractivity contribution is 6.04. The third-order valence-electron chi connectivity index (χ3n) is 3.51. The van der Waals surface area contributed by atoms with Crippen LogP contribution in [0.25, 0.3) is 0 Å². The average Bonchev–Trinajstić information content (AvgIpc) is 2.54. The molecule has 1 saturated heterocycles. The van der Waals surface area contributed by atoms with Crippen LogP contribution in [-0.2, 0) is 14.3 Å². The topological polar surface area (TPSA) is 58.6 Å². The van der Waals surface area contributed by atoms with E-state index >= 15 is 0 Å². The Balaban J connectivity index is 2.62. The summed E-state index contributed by atoms with van der Waals surface area (Å²) in [5.74, 6) is -0.530. The van der Waals surface area contributed by atoms with Crippen molar-refractivity contribution in [2.75, 3.05) is 26.8 Å². The molecule has 0 bridgehead atoms. The van der Waals surface area contributed by atoms with Gasteiger partial charge in [-0.15, -0.1) is 0 Å². The molecule has 0 aromatic heterocycles. The van der Waals surface area contributed by atoms with Crippen molar-refractivity contribution in [3.63, 3.8) is 0 Å². The number of likely N-dealkylation sites (tertiary alicyclic amines) is 1. The third-order valence-corrected chi connectivity index (χ3v) is 3.51. The molecule has 1 aliphatic rings. The highest BCUT2D eigenvalue weighted by atomic mass is 16.5. The number of amides is 2. The molecule has 3 atom stereocenters. The lowest BCUT2D eigenvalue weighted by molar-refractivity contribution is -0.140. The molecule has 3 unspecified atom stereocenters. The van der Waals surface area contributed by atoms with Crippen molar-refractivity contribution in [3.05, 3.63) is 0 Å². The summed E-state index contributed by atoms with van der Waals surface area (Å²) in [5.41, 5.74) is 0. The number of imide groups is 1. The van der Waals surface area contributed by atoms with Gasteiger partial charge in [-0.05, 0) is 13.0 Å². The van der Waals surface area contributed by atoms with E-state index in [2.05, 4.69) is 12.2 Å². The van der Waals surface area contributed by atoms with E-state index in [1.165, 1.54) is 4.90 Å². The minimum atomic E-state index is -0.202. The molecule has 0 aromatic carbocycles. The molecule has 18 heavy (non-hydrogen) atoms. The first-order valence-corrected chi connectivity index (χ1v) is 6.60. The van der Waals surface area contributed by atoms with Crippen LogP contribution in [0.15, 0.2) is 0 Å². The van der Waals surface area contributed by atoms with E-state index in [4.69, 9.17) is 4.74 Å². The van der Waals surface area contributed by atoms with E-state index in [-0.39, 0.29) is 29.7 Å². The molecule has 1 heterocycles. The Morgan fingerprint density at radius 1 is 1.28 bits per heavy atom. The number of carbonyl (C=O) groups excluding carboxylic acids is 2. The van der Waals surface area contributed by atoms with E-state index < -0.39 is 0 Å². The summed E-state index contributed by atoms with van der Waals surface area (Å²) in [4.78, 5) is 25.3. The summed E-state index contributed by atoms with van der Waals surface area (Å²) in [6.07, 6.45) is 1.01. The van der Waals surface area contributed by atoms with Crippen molar-refractivity contribution in [3.8, 4) is 0 Å². The van der Waals surface area contributed by atoms with Crippen LogP contribution < -0.4 is 5.32 Å². The highest BCUT2D eigenvalue weighted by Crippen LogP contribution is 2.25. The highest BCUT2D eigenvalue weighted by Gasteiger charge is 2.42. The minimum absolute atomic E-state index is 0.0142. The quantitative estimate of drug-likeness (QED) is 0.679. The normalized spacial score (nSPS) is 25.9. The van der Waals surface area contributed by atoms with E-state index in [1.807, 2.05) is 13.8 Å². The second kappa shape index (κ2) is 6.85. The molecule has 1 N–H and O–H groups in total.